The molecule has 0 fully saturated rings. The molecule has 3 nitrogen and oxygen atoms in total. The predicted molar refractivity (Wildman–Crippen MR) is 67.2 cm³/mol. The van der Waals surface area contributed by atoms with Crippen molar-refractivity contribution in [1.82, 2.24) is 4.98 Å². The normalized spacial score (nSPS) is 9.88. The van der Waals surface area contributed by atoms with E-state index in [2.05, 4.69) is 10.9 Å². The van der Waals surface area contributed by atoms with E-state index in [1.165, 1.54) is 11.3 Å². The Bertz CT molecular complexity index is 605. The lowest BCUT2D eigenvalue weighted by molar-refractivity contribution is 0.0701. The molecule has 0 amide bonds. The maximum absolute atomic E-state index is 10.9. The number of aromatic carboxylic acids is 1. The molecule has 0 saturated heterocycles. The van der Waals surface area contributed by atoms with Crippen LogP contribution in [-0.2, 0) is 0 Å². The second-order valence-corrected chi connectivity index (χ2v) is 4.46. The summed E-state index contributed by atoms with van der Waals surface area (Å²) in [7, 11) is 0. The molecule has 0 bridgehead atoms. The van der Waals surface area contributed by atoms with Crippen molar-refractivity contribution in [2.45, 2.75) is 6.92 Å². The number of carboxylic acids is 1. The molecule has 0 aliphatic carbocycles. The van der Waals surface area contributed by atoms with Crippen LogP contribution in [0.3, 0.4) is 0 Å². The fourth-order valence-electron chi connectivity index (χ4n) is 1.43. The van der Waals surface area contributed by atoms with Crippen molar-refractivity contribution in [2.24, 2.45) is 0 Å². The van der Waals surface area contributed by atoms with E-state index in [4.69, 9.17) is 11.5 Å². The van der Waals surface area contributed by atoms with Gasteiger partial charge in [-0.15, -0.1) is 17.8 Å². The van der Waals surface area contributed by atoms with Crippen LogP contribution in [0.1, 0.15) is 20.9 Å². The molecule has 2 rings (SSSR count). The molecule has 0 spiro atoms. The van der Waals surface area contributed by atoms with Gasteiger partial charge in [0.05, 0.1) is 5.69 Å². The standard InChI is InChI=1S/C13H9NO2S/c1-3-9-4-6-10(7-5-9)12-14-8(2)11(17-12)13(15)16/h1,4-7H,2H3,(H,15,16). The molecular formula is C13H9NO2S. The van der Waals surface area contributed by atoms with Crippen molar-refractivity contribution in [2.75, 3.05) is 0 Å². The quantitative estimate of drug-likeness (QED) is 0.825. The Kier molecular flexibility index (Phi) is 2.94. The van der Waals surface area contributed by atoms with E-state index < -0.39 is 5.97 Å². The topological polar surface area (TPSA) is 50.2 Å². The zero-order chi connectivity index (χ0) is 12.4. The first-order chi connectivity index (χ1) is 8.11. The molecule has 0 aliphatic rings. The summed E-state index contributed by atoms with van der Waals surface area (Å²) in [5, 5.41) is 9.65. The Balaban J connectivity index is 2.43. The number of aryl methyl sites for hydroxylation is 1. The second kappa shape index (κ2) is 4.40. The van der Waals surface area contributed by atoms with Gasteiger partial charge in [0.15, 0.2) is 0 Å². The molecular weight excluding hydrogens is 234 g/mol. The largest absolute Gasteiger partial charge is 0.477 e. The maximum Gasteiger partial charge on any atom is 0.347 e. The Labute approximate surface area is 103 Å². The van der Waals surface area contributed by atoms with Gasteiger partial charge in [-0.1, -0.05) is 18.1 Å². The molecule has 1 heterocycles. The number of nitrogens with zero attached hydrogens (tertiary/aromatic N) is 1. The lowest BCUT2D eigenvalue weighted by Crippen LogP contribution is -1.94. The Hall–Kier alpha value is -2.12. The number of terminal acetylenes is 1. The Morgan fingerprint density at radius 2 is 2.06 bits per heavy atom. The molecule has 1 aromatic carbocycles. The maximum atomic E-state index is 10.9. The van der Waals surface area contributed by atoms with Gasteiger partial charge in [-0.25, -0.2) is 9.78 Å². The van der Waals surface area contributed by atoms with Gasteiger partial charge in [0.1, 0.15) is 9.88 Å². The van der Waals surface area contributed by atoms with Crippen molar-refractivity contribution < 1.29 is 9.90 Å². The summed E-state index contributed by atoms with van der Waals surface area (Å²) in [6, 6.07) is 7.32. The molecule has 0 aliphatic heterocycles. The van der Waals surface area contributed by atoms with Gasteiger partial charge in [-0.2, -0.15) is 0 Å². The number of benzene rings is 1. The van der Waals surface area contributed by atoms with E-state index in [1.54, 1.807) is 6.92 Å². The van der Waals surface area contributed by atoms with Gasteiger partial charge in [0.25, 0.3) is 0 Å². The minimum atomic E-state index is -0.938. The first-order valence-corrected chi connectivity index (χ1v) is 5.71. The van der Waals surface area contributed by atoms with E-state index in [0.29, 0.717) is 10.7 Å². The van der Waals surface area contributed by atoms with Gasteiger partial charge < -0.3 is 5.11 Å². The molecule has 1 aromatic heterocycles. The van der Waals surface area contributed by atoms with E-state index in [9.17, 15) is 4.79 Å². The number of thiazole rings is 1. The first kappa shape index (κ1) is 11.4. The van der Waals surface area contributed by atoms with Crippen LogP contribution < -0.4 is 0 Å². The van der Waals surface area contributed by atoms with Gasteiger partial charge in [-0.3, -0.25) is 0 Å². The van der Waals surface area contributed by atoms with E-state index in [-0.39, 0.29) is 4.88 Å². The fourth-order valence-corrected chi connectivity index (χ4v) is 2.34. The van der Waals surface area contributed by atoms with Gasteiger partial charge in [-0.05, 0) is 19.1 Å². The molecule has 1 N–H and O–H groups in total. The zero-order valence-corrected chi connectivity index (χ0v) is 9.91. The molecule has 2 aromatic rings. The molecule has 0 radical (unpaired) electrons. The van der Waals surface area contributed by atoms with Crippen molar-refractivity contribution in [1.29, 1.82) is 0 Å². The lowest BCUT2D eigenvalue weighted by Gasteiger charge is -1.95. The molecule has 4 heteroatoms. The van der Waals surface area contributed by atoms with Crippen LogP contribution in [-0.4, -0.2) is 16.1 Å². The minimum absolute atomic E-state index is 0.279. The van der Waals surface area contributed by atoms with Gasteiger partial charge >= 0.3 is 5.97 Å². The summed E-state index contributed by atoms with van der Waals surface area (Å²) < 4.78 is 0. The number of aromatic nitrogens is 1. The van der Waals surface area contributed by atoms with Crippen LogP contribution in [0.5, 0.6) is 0 Å². The molecule has 17 heavy (non-hydrogen) atoms. The monoisotopic (exact) mass is 243 g/mol. The molecule has 0 unspecified atom stereocenters. The smallest absolute Gasteiger partial charge is 0.347 e. The summed E-state index contributed by atoms with van der Waals surface area (Å²) >= 11 is 1.17. The number of carboxylic acid groups (broad SMARTS) is 1. The van der Waals surface area contributed by atoms with E-state index in [1.807, 2.05) is 24.3 Å². The Morgan fingerprint density at radius 1 is 1.41 bits per heavy atom. The minimum Gasteiger partial charge on any atom is -0.477 e. The third kappa shape index (κ3) is 2.19. The average Bonchev–Trinajstić information content (AvgIpc) is 2.71. The van der Waals surface area contributed by atoms with E-state index >= 15 is 0 Å². The second-order valence-electron chi connectivity index (χ2n) is 3.46. The van der Waals surface area contributed by atoms with Crippen LogP contribution in [0, 0.1) is 19.3 Å². The van der Waals surface area contributed by atoms with Crippen LogP contribution in [0.15, 0.2) is 24.3 Å². The number of rotatable bonds is 2. The van der Waals surface area contributed by atoms with Crippen LogP contribution in [0.25, 0.3) is 10.6 Å². The van der Waals surface area contributed by atoms with E-state index in [0.717, 1.165) is 11.1 Å². The average molecular weight is 243 g/mol. The molecule has 0 atom stereocenters. The van der Waals surface area contributed by atoms with Crippen molar-refractivity contribution in [3.8, 4) is 22.9 Å². The highest BCUT2D eigenvalue weighted by Gasteiger charge is 2.14. The zero-order valence-electron chi connectivity index (χ0n) is 9.10. The summed E-state index contributed by atoms with van der Waals surface area (Å²) in [5.74, 6) is 1.59. The highest BCUT2D eigenvalue weighted by molar-refractivity contribution is 7.17. The van der Waals surface area contributed by atoms with Crippen LogP contribution in [0.4, 0.5) is 0 Å². The van der Waals surface area contributed by atoms with Crippen LogP contribution >= 0.6 is 11.3 Å². The van der Waals surface area contributed by atoms with Crippen molar-refractivity contribution in [3.63, 3.8) is 0 Å². The van der Waals surface area contributed by atoms with Gasteiger partial charge in [0, 0.05) is 11.1 Å². The SMILES string of the molecule is C#Cc1ccc(-c2nc(C)c(C(=O)O)s2)cc1. The third-order valence-corrected chi connectivity index (χ3v) is 3.48. The number of carbonyl (C=O) groups is 1. The summed E-state index contributed by atoms with van der Waals surface area (Å²) in [4.78, 5) is 15.4. The van der Waals surface area contributed by atoms with Gasteiger partial charge in [0.2, 0.25) is 0 Å². The van der Waals surface area contributed by atoms with Crippen LogP contribution in [0.2, 0.25) is 0 Å². The fraction of sp³-hybridized carbons (Fsp3) is 0.0769. The highest BCUT2D eigenvalue weighted by atomic mass is 32.1. The summed E-state index contributed by atoms with van der Waals surface area (Å²) in [6.07, 6.45) is 5.27. The first-order valence-electron chi connectivity index (χ1n) is 4.89. The highest BCUT2D eigenvalue weighted by Crippen LogP contribution is 2.27. The summed E-state index contributed by atoms with van der Waals surface area (Å²) in [5.41, 5.74) is 2.21. The lowest BCUT2D eigenvalue weighted by atomic mass is 10.1. The summed E-state index contributed by atoms with van der Waals surface area (Å²) in [6.45, 7) is 1.69. The Morgan fingerprint density at radius 3 is 2.53 bits per heavy atom. The predicted octanol–water partition coefficient (Wildman–Crippen LogP) is 2.80. The molecule has 84 valence electrons. The van der Waals surface area contributed by atoms with Crippen molar-refractivity contribution in [3.05, 3.63) is 40.4 Å². The number of hydrogen-bond donors (Lipinski definition) is 1. The molecule has 0 saturated carbocycles. The van der Waals surface area contributed by atoms with Crippen molar-refractivity contribution >= 4 is 17.3 Å². The number of hydrogen-bond acceptors (Lipinski definition) is 3. The third-order valence-electron chi connectivity index (χ3n) is 2.29.